The molecule has 0 aliphatic carbocycles. The largest absolute Gasteiger partial charge is 0.362 e. The Morgan fingerprint density at radius 1 is 0.667 bits per heavy atom. The Kier molecular flexibility index (Phi) is 14.8. The number of nitrogens with one attached hydrogen (secondary N) is 2. The molecule has 0 spiro atoms. The summed E-state index contributed by atoms with van der Waals surface area (Å²) in [6, 6.07) is 34.5. The summed E-state index contributed by atoms with van der Waals surface area (Å²) in [5.41, 5.74) is 3.50. The van der Waals surface area contributed by atoms with E-state index < -0.39 is 0 Å². The van der Waals surface area contributed by atoms with Crippen molar-refractivity contribution >= 4 is 69.8 Å². The van der Waals surface area contributed by atoms with Crippen molar-refractivity contribution in [1.29, 1.82) is 0 Å². The van der Waals surface area contributed by atoms with Crippen molar-refractivity contribution in [2.45, 2.75) is 57.1 Å². The van der Waals surface area contributed by atoms with Gasteiger partial charge in [0.25, 0.3) is 0 Å². The van der Waals surface area contributed by atoms with Crippen molar-refractivity contribution in [2.24, 2.45) is 0 Å². The Labute approximate surface area is 359 Å². The second-order valence-electron chi connectivity index (χ2n) is 15.0. The highest BCUT2D eigenvalue weighted by Gasteiger charge is 2.36. The summed E-state index contributed by atoms with van der Waals surface area (Å²) in [5.74, 6) is 0. The van der Waals surface area contributed by atoms with Crippen molar-refractivity contribution in [3.8, 4) is 0 Å². The second-order valence-corrected chi connectivity index (χ2v) is 17.7. The van der Waals surface area contributed by atoms with Crippen LogP contribution in [-0.4, -0.2) is 72.3 Å². The topological polar surface area (TPSA) is 83.1 Å². The summed E-state index contributed by atoms with van der Waals surface area (Å²) in [5, 5.41) is 10.6. The summed E-state index contributed by atoms with van der Waals surface area (Å²) in [6.07, 6.45) is 0.124. The fourth-order valence-corrected chi connectivity index (χ4v) is 7.77. The van der Waals surface area contributed by atoms with E-state index in [-0.39, 0.29) is 42.0 Å². The molecule has 3 heterocycles. The van der Waals surface area contributed by atoms with Crippen LogP contribution in [0.5, 0.6) is 0 Å². The van der Waals surface area contributed by atoms with Gasteiger partial charge in [0, 0.05) is 48.2 Å². The Morgan fingerprint density at radius 2 is 1.12 bits per heavy atom. The fraction of sp³-hybridized carbons (Fsp3) is 0.318. The van der Waals surface area contributed by atoms with E-state index in [1.165, 1.54) is 4.88 Å². The third-order valence-corrected chi connectivity index (χ3v) is 11.5. The van der Waals surface area contributed by atoms with Gasteiger partial charge in [0.15, 0.2) is 0 Å². The number of nitrogens with zero attached hydrogens (tertiary/aromatic N) is 2. The van der Waals surface area contributed by atoms with Crippen molar-refractivity contribution in [1.82, 2.24) is 20.4 Å². The van der Waals surface area contributed by atoms with E-state index in [4.69, 9.17) is 55.9 Å². The number of urea groups is 2. The van der Waals surface area contributed by atoms with Crippen LogP contribution in [0.1, 0.15) is 60.1 Å². The first kappa shape index (κ1) is 42.8. The molecule has 2 N–H and O–H groups in total. The highest BCUT2D eigenvalue weighted by molar-refractivity contribution is 7.09. The first-order chi connectivity index (χ1) is 27.3. The van der Waals surface area contributed by atoms with Crippen LogP contribution in [0.25, 0.3) is 0 Å². The van der Waals surface area contributed by atoms with Crippen LogP contribution in [0.4, 0.5) is 9.59 Å². The Morgan fingerprint density at radius 3 is 1.54 bits per heavy atom. The standard InChI is InChI=1S/C23H22Cl2N2O2S.C21H24Cl2N2O2/c24-17-9-7-16(8-10-17)22(20-5-1-2-6-21(20)25)29-18-14-27(15-18)23(28)26-12-11-19-4-3-13-30-19;1-21(2,3)24-20(26)25-12-16(13-25)27-19(14-8-10-15(22)11-9-14)17-6-4-5-7-18(17)23/h1-10,13,18,22H,11-12,14-15H2,(H,26,28);4-11,16,19H,12-13H2,1-3H3,(H,24,26). The fourth-order valence-electron chi connectivity index (χ4n) is 6.34. The zero-order valence-electron chi connectivity index (χ0n) is 32.0. The molecule has 8 nitrogen and oxygen atoms in total. The van der Waals surface area contributed by atoms with Gasteiger partial charge in [-0.15, -0.1) is 11.3 Å². The van der Waals surface area contributed by atoms with E-state index in [1.807, 2.05) is 129 Å². The van der Waals surface area contributed by atoms with Gasteiger partial charge in [0.2, 0.25) is 0 Å². The molecule has 4 aromatic carbocycles. The maximum atomic E-state index is 12.3. The van der Waals surface area contributed by atoms with Crippen LogP contribution in [0.3, 0.4) is 0 Å². The molecular formula is C44H46Cl4N4O4S. The number of carbonyl (C=O) groups is 2. The number of halogens is 4. The smallest absolute Gasteiger partial charge is 0.317 e. The number of benzene rings is 4. The molecule has 57 heavy (non-hydrogen) atoms. The maximum Gasteiger partial charge on any atom is 0.317 e. The lowest BCUT2D eigenvalue weighted by Crippen LogP contribution is -2.60. The van der Waals surface area contributed by atoms with Gasteiger partial charge >= 0.3 is 12.1 Å². The van der Waals surface area contributed by atoms with Crippen LogP contribution in [0.2, 0.25) is 20.1 Å². The molecule has 1 aromatic heterocycles. The lowest BCUT2D eigenvalue weighted by molar-refractivity contribution is -0.0651. The van der Waals surface area contributed by atoms with Crippen molar-refractivity contribution in [2.75, 3.05) is 32.7 Å². The lowest BCUT2D eigenvalue weighted by atomic mass is 10.0. The van der Waals surface area contributed by atoms with E-state index in [1.54, 1.807) is 21.1 Å². The molecule has 4 amide bonds. The Balaban J connectivity index is 0.000000194. The van der Waals surface area contributed by atoms with Gasteiger partial charge in [-0.3, -0.25) is 0 Å². The van der Waals surface area contributed by atoms with Gasteiger partial charge in [0.05, 0.1) is 38.4 Å². The summed E-state index contributed by atoms with van der Waals surface area (Å²) in [7, 11) is 0. The average molecular weight is 869 g/mol. The van der Waals surface area contributed by atoms with Crippen molar-refractivity contribution in [3.05, 3.63) is 162 Å². The first-order valence-electron chi connectivity index (χ1n) is 18.8. The predicted molar refractivity (Wildman–Crippen MR) is 232 cm³/mol. The van der Waals surface area contributed by atoms with E-state index >= 15 is 0 Å². The quantitative estimate of drug-likeness (QED) is 0.139. The molecule has 2 atom stereocenters. The zero-order valence-corrected chi connectivity index (χ0v) is 35.8. The van der Waals surface area contributed by atoms with E-state index in [0.717, 1.165) is 28.7 Å². The number of thiophene rings is 1. The number of hydrogen-bond donors (Lipinski definition) is 2. The predicted octanol–water partition coefficient (Wildman–Crippen LogP) is 11.1. The molecule has 2 saturated heterocycles. The molecule has 300 valence electrons. The minimum absolute atomic E-state index is 0.0485. The van der Waals surface area contributed by atoms with Gasteiger partial charge < -0.3 is 29.9 Å². The van der Waals surface area contributed by atoms with Crippen LogP contribution in [0, 0.1) is 0 Å². The van der Waals surface area contributed by atoms with Gasteiger partial charge in [-0.05, 0) is 86.2 Å². The molecule has 2 unspecified atom stereocenters. The summed E-state index contributed by atoms with van der Waals surface area (Å²) in [4.78, 5) is 29.4. The monoisotopic (exact) mass is 866 g/mol. The first-order valence-corrected chi connectivity index (χ1v) is 21.1. The minimum atomic E-state index is -0.315. The molecule has 2 aliphatic rings. The number of hydrogen-bond acceptors (Lipinski definition) is 5. The summed E-state index contributed by atoms with van der Waals surface area (Å²) in [6.45, 7) is 8.74. The number of likely N-dealkylation sites (tertiary alicyclic amines) is 2. The Hall–Kier alpha value is -3.80. The van der Waals surface area contributed by atoms with Crippen LogP contribution in [0.15, 0.2) is 115 Å². The third kappa shape index (κ3) is 12.1. The summed E-state index contributed by atoms with van der Waals surface area (Å²) >= 11 is 26.6. The van der Waals surface area contributed by atoms with Gasteiger partial charge in [-0.2, -0.15) is 0 Å². The van der Waals surface area contributed by atoms with E-state index in [9.17, 15) is 9.59 Å². The molecule has 2 fully saturated rings. The molecule has 7 rings (SSSR count). The van der Waals surface area contributed by atoms with Gasteiger partial charge in [-0.1, -0.05) is 113 Å². The third-order valence-electron chi connectivity index (χ3n) is 9.36. The average Bonchev–Trinajstić information content (AvgIpc) is 3.66. The highest BCUT2D eigenvalue weighted by atomic mass is 35.5. The lowest BCUT2D eigenvalue weighted by Gasteiger charge is -2.42. The Bertz CT molecular complexity index is 2070. The minimum Gasteiger partial charge on any atom is -0.362 e. The van der Waals surface area contributed by atoms with E-state index in [0.29, 0.717) is 52.8 Å². The van der Waals surface area contributed by atoms with Crippen LogP contribution >= 0.6 is 57.7 Å². The number of rotatable bonds is 11. The molecule has 13 heteroatoms. The highest BCUT2D eigenvalue weighted by Crippen LogP contribution is 2.36. The van der Waals surface area contributed by atoms with Gasteiger partial charge in [0.1, 0.15) is 12.2 Å². The molecule has 0 radical (unpaired) electrons. The zero-order chi connectivity index (χ0) is 40.5. The molecular weight excluding hydrogens is 822 g/mol. The van der Waals surface area contributed by atoms with Crippen LogP contribution in [-0.2, 0) is 15.9 Å². The normalized spacial score (nSPS) is 15.4. The van der Waals surface area contributed by atoms with Crippen molar-refractivity contribution < 1.29 is 19.1 Å². The number of ether oxygens (including phenoxy) is 2. The summed E-state index contributed by atoms with van der Waals surface area (Å²) < 4.78 is 12.7. The van der Waals surface area contributed by atoms with Crippen molar-refractivity contribution in [3.63, 3.8) is 0 Å². The van der Waals surface area contributed by atoms with E-state index in [2.05, 4.69) is 16.7 Å². The number of amides is 4. The van der Waals surface area contributed by atoms with Gasteiger partial charge in [-0.25, -0.2) is 9.59 Å². The molecule has 0 bridgehead atoms. The molecule has 2 aliphatic heterocycles. The maximum absolute atomic E-state index is 12.3. The molecule has 5 aromatic rings. The number of carbonyl (C=O) groups excluding carboxylic acids is 2. The molecule has 0 saturated carbocycles. The van der Waals surface area contributed by atoms with Crippen LogP contribution < -0.4 is 10.6 Å². The SMILES string of the molecule is CC(C)(C)NC(=O)N1CC(OC(c2ccc(Cl)cc2)c2ccccc2Cl)C1.O=C(NCCc1cccs1)N1CC(OC(c2ccc(Cl)cc2)c2ccccc2Cl)C1. The second kappa shape index (κ2) is 19.8.